The molecule has 1 N–H and O–H groups in total. The van der Waals surface area contributed by atoms with Gasteiger partial charge in [0.1, 0.15) is 28.5 Å². The van der Waals surface area contributed by atoms with E-state index in [4.69, 9.17) is 18.9 Å². The minimum Gasteiger partial charge on any atom is -0.494 e. The van der Waals surface area contributed by atoms with E-state index in [0.717, 1.165) is 10.1 Å². The number of anilines is 1. The van der Waals surface area contributed by atoms with Crippen molar-refractivity contribution in [2.45, 2.75) is 31.8 Å². The monoisotopic (exact) mass is 591 g/mol. The Bertz CT molecular complexity index is 1600. The molecule has 1 aromatic carbocycles. The number of nitrogens with zero attached hydrogens (tertiary/aromatic N) is 6. The van der Waals surface area contributed by atoms with Crippen LogP contribution in [0, 0.1) is 6.92 Å². The largest absolute Gasteiger partial charge is 0.494 e. The maximum atomic E-state index is 13.6. The van der Waals surface area contributed by atoms with E-state index in [1.54, 1.807) is 25.1 Å². The highest BCUT2D eigenvalue weighted by atomic mass is 32.2. The van der Waals surface area contributed by atoms with E-state index in [-0.39, 0.29) is 46.4 Å². The molecular formula is C25H27F2N7O6S. The van der Waals surface area contributed by atoms with Crippen LogP contribution in [-0.4, -0.2) is 71.3 Å². The van der Waals surface area contributed by atoms with E-state index in [1.165, 1.54) is 58.8 Å². The van der Waals surface area contributed by atoms with Gasteiger partial charge in [0, 0.05) is 25.6 Å². The number of rotatable bonds is 12. The average molecular weight is 592 g/mol. The van der Waals surface area contributed by atoms with Gasteiger partial charge in [0.15, 0.2) is 17.4 Å². The Morgan fingerprint density at radius 1 is 0.951 bits per heavy atom. The summed E-state index contributed by atoms with van der Waals surface area (Å²) >= 11 is 0. The Balaban J connectivity index is 1.87. The van der Waals surface area contributed by atoms with Gasteiger partial charge >= 0.3 is 6.61 Å². The lowest BCUT2D eigenvalue weighted by Crippen LogP contribution is -2.33. The molecule has 3 aromatic heterocycles. The molecule has 0 amide bonds. The Morgan fingerprint density at radius 3 is 2.27 bits per heavy atom. The van der Waals surface area contributed by atoms with E-state index in [0.29, 0.717) is 0 Å². The van der Waals surface area contributed by atoms with Crippen LogP contribution in [0.3, 0.4) is 0 Å². The summed E-state index contributed by atoms with van der Waals surface area (Å²) in [6, 6.07) is 8.95. The minimum atomic E-state index is -4.30. The Kier molecular flexibility index (Phi) is 8.92. The first-order valence-electron chi connectivity index (χ1n) is 12.0. The zero-order valence-electron chi connectivity index (χ0n) is 22.6. The molecular weight excluding hydrogens is 564 g/mol. The van der Waals surface area contributed by atoms with Gasteiger partial charge in [-0.1, -0.05) is 12.1 Å². The van der Waals surface area contributed by atoms with Crippen molar-refractivity contribution in [3.05, 3.63) is 60.2 Å². The number of para-hydroxylation sites is 1. The second kappa shape index (κ2) is 12.4. The number of sulfonamides is 1. The lowest BCUT2D eigenvalue weighted by Gasteiger charge is -2.23. The fourth-order valence-electron chi connectivity index (χ4n) is 3.90. The summed E-state index contributed by atoms with van der Waals surface area (Å²) in [7, 11) is -0.244. The molecule has 4 rings (SSSR count). The molecule has 0 radical (unpaired) electrons. The molecule has 13 nitrogen and oxygen atoms in total. The lowest BCUT2D eigenvalue weighted by molar-refractivity contribution is -0.0499. The van der Waals surface area contributed by atoms with Crippen LogP contribution in [0.2, 0.25) is 0 Å². The molecule has 218 valence electrons. The van der Waals surface area contributed by atoms with E-state index in [1.807, 2.05) is 0 Å². The number of aryl methyl sites for hydroxylation is 1. The summed E-state index contributed by atoms with van der Waals surface area (Å²) in [6.45, 7) is -0.00843. The van der Waals surface area contributed by atoms with Crippen LogP contribution in [-0.2, 0) is 14.8 Å². The first-order valence-corrected chi connectivity index (χ1v) is 13.6. The third kappa shape index (κ3) is 6.33. The number of hydrogen-bond acceptors (Lipinski definition) is 11. The number of nitrogens with one attached hydrogen (secondary N) is 1. The van der Waals surface area contributed by atoms with Crippen molar-refractivity contribution in [3.63, 3.8) is 0 Å². The van der Waals surface area contributed by atoms with Gasteiger partial charge in [-0.05, 0) is 37.6 Å². The molecule has 3 heterocycles. The molecule has 0 aliphatic heterocycles. The number of pyridine rings is 1. The average Bonchev–Trinajstić information content (AvgIpc) is 3.36. The predicted molar refractivity (Wildman–Crippen MR) is 143 cm³/mol. The maximum absolute atomic E-state index is 13.6. The van der Waals surface area contributed by atoms with Crippen LogP contribution < -0.4 is 18.9 Å². The lowest BCUT2D eigenvalue weighted by atomic mass is 10.2. The molecule has 41 heavy (non-hydrogen) atoms. The van der Waals surface area contributed by atoms with Gasteiger partial charge in [-0.3, -0.25) is 9.29 Å². The molecule has 0 unspecified atom stereocenters. The van der Waals surface area contributed by atoms with Crippen LogP contribution in [0.25, 0.3) is 17.2 Å². The molecule has 0 aliphatic carbocycles. The van der Waals surface area contributed by atoms with Crippen LogP contribution in [0.15, 0.2) is 48.8 Å². The first kappa shape index (κ1) is 29.5. The van der Waals surface area contributed by atoms with Crippen molar-refractivity contribution in [2.24, 2.45) is 0 Å². The highest BCUT2D eigenvalue weighted by Crippen LogP contribution is 2.38. The van der Waals surface area contributed by atoms with Gasteiger partial charge in [-0.25, -0.2) is 23.4 Å². The smallest absolute Gasteiger partial charge is 0.387 e. The first-order chi connectivity index (χ1) is 19.6. The maximum Gasteiger partial charge on any atom is 0.387 e. The highest BCUT2D eigenvalue weighted by molar-refractivity contribution is 7.93. The van der Waals surface area contributed by atoms with Crippen molar-refractivity contribution < 1.29 is 36.1 Å². The summed E-state index contributed by atoms with van der Waals surface area (Å²) in [5, 5.41) is 6.91. The van der Waals surface area contributed by atoms with Crippen LogP contribution in [0.1, 0.15) is 24.4 Å². The fraction of sp³-hybridized carbons (Fsp3) is 0.320. The fourth-order valence-corrected chi connectivity index (χ4v) is 5.03. The van der Waals surface area contributed by atoms with Crippen LogP contribution in [0.5, 0.6) is 17.4 Å². The van der Waals surface area contributed by atoms with Crippen LogP contribution in [0.4, 0.5) is 14.7 Å². The molecule has 16 heteroatoms. The standard InChI is InChI=1S/C25H27F2N7O6S/c1-14-12-28-22(29-13-14)21(39-5)15(2)41(35,36)33-25-32-31-23(16-8-6-11-19(30-16)38-4)34(25)20-17(37-3)9-7-10-18(20)40-24(26)27/h6-13,15,21,24H,1-5H3,(H,32,33)/t15-,21-/m1/s1. The van der Waals surface area contributed by atoms with Gasteiger partial charge in [-0.15, -0.1) is 10.2 Å². The SMILES string of the molecule is COc1cccc(-c2nnc(NS(=O)(=O)[C@H](C)[C@@H](OC)c3ncc(C)cn3)n2-c2c(OC)cccc2OC(F)F)n1. The van der Waals surface area contributed by atoms with Gasteiger partial charge in [0.2, 0.25) is 21.9 Å². The molecule has 0 saturated carbocycles. The quantitative estimate of drug-likeness (QED) is 0.257. The number of aromatic nitrogens is 6. The third-order valence-electron chi connectivity index (χ3n) is 5.91. The Hall–Kier alpha value is -4.44. The number of ether oxygens (including phenoxy) is 4. The molecule has 0 saturated heterocycles. The van der Waals surface area contributed by atoms with Crippen molar-refractivity contribution >= 4 is 16.0 Å². The number of hydrogen-bond donors (Lipinski definition) is 1. The van der Waals surface area contributed by atoms with Crippen LogP contribution >= 0.6 is 0 Å². The summed E-state index contributed by atoms with van der Waals surface area (Å²) in [4.78, 5) is 12.7. The summed E-state index contributed by atoms with van der Waals surface area (Å²) in [6.07, 6.45) is 2.02. The number of alkyl halides is 2. The predicted octanol–water partition coefficient (Wildman–Crippen LogP) is 3.56. The van der Waals surface area contributed by atoms with E-state index in [9.17, 15) is 17.2 Å². The minimum absolute atomic E-state index is 0.0250. The Labute approximate surface area is 234 Å². The van der Waals surface area contributed by atoms with Crippen molar-refractivity contribution in [3.8, 4) is 34.6 Å². The summed E-state index contributed by atoms with van der Waals surface area (Å²) < 4.78 is 78.5. The number of halogens is 2. The van der Waals surface area contributed by atoms with Crippen molar-refractivity contribution in [2.75, 3.05) is 26.1 Å². The van der Waals surface area contributed by atoms with Gasteiger partial charge in [-0.2, -0.15) is 8.78 Å². The zero-order valence-corrected chi connectivity index (χ0v) is 23.5. The molecule has 4 aromatic rings. The molecule has 0 aliphatic rings. The normalized spacial score (nSPS) is 13.1. The van der Waals surface area contributed by atoms with Gasteiger partial charge in [0.05, 0.1) is 14.2 Å². The number of methoxy groups -OCH3 is 3. The highest BCUT2D eigenvalue weighted by Gasteiger charge is 2.35. The zero-order chi connectivity index (χ0) is 29.7. The second-order valence-corrected chi connectivity index (χ2v) is 10.6. The van der Waals surface area contributed by atoms with E-state index >= 15 is 0 Å². The molecule has 0 bridgehead atoms. The topological polar surface area (TPSA) is 152 Å². The van der Waals surface area contributed by atoms with E-state index in [2.05, 4.69) is 29.9 Å². The molecule has 0 fully saturated rings. The van der Waals surface area contributed by atoms with Crippen molar-refractivity contribution in [1.29, 1.82) is 0 Å². The third-order valence-corrected chi connectivity index (χ3v) is 7.60. The number of benzene rings is 1. The van der Waals surface area contributed by atoms with Gasteiger partial charge in [0.25, 0.3) is 0 Å². The summed E-state index contributed by atoms with van der Waals surface area (Å²) in [5.41, 5.74) is 0.866. The summed E-state index contributed by atoms with van der Waals surface area (Å²) in [5.74, 6) is -0.292. The van der Waals surface area contributed by atoms with Gasteiger partial charge < -0.3 is 18.9 Å². The molecule has 0 spiro atoms. The second-order valence-electron chi connectivity index (χ2n) is 8.56. The van der Waals surface area contributed by atoms with Crippen molar-refractivity contribution in [1.82, 2.24) is 29.7 Å². The Morgan fingerprint density at radius 2 is 1.63 bits per heavy atom. The van der Waals surface area contributed by atoms with E-state index < -0.39 is 28.0 Å². The molecule has 2 atom stereocenters.